The second kappa shape index (κ2) is 7.88. The third-order valence-corrected chi connectivity index (χ3v) is 3.81. The molecule has 0 unspecified atom stereocenters. The van der Waals surface area contributed by atoms with E-state index in [9.17, 15) is 14.4 Å². The van der Waals surface area contributed by atoms with Gasteiger partial charge in [0, 0.05) is 6.04 Å². The van der Waals surface area contributed by atoms with E-state index in [1.54, 1.807) is 0 Å². The maximum Gasteiger partial charge on any atom is 0.326 e. The number of aliphatic carboxylic acids is 1. The maximum absolute atomic E-state index is 11.7. The minimum Gasteiger partial charge on any atom is -0.480 e. The summed E-state index contributed by atoms with van der Waals surface area (Å²) in [6.45, 7) is 0. The largest absolute Gasteiger partial charge is 0.480 e. The summed E-state index contributed by atoms with van der Waals surface area (Å²) in [5.41, 5.74) is 0. The highest BCUT2D eigenvalue weighted by molar-refractivity contribution is 7.99. The highest BCUT2D eigenvalue weighted by Gasteiger charge is 2.25. The van der Waals surface area contributed by atoms with Crippen molar-refractivity contribution < 1.29 is 24.2 Å². The first-order valence-corrected chi connectivity index (χ1v) is 7.12. The fourth-order valence-electron chi connectivity index (χ4n) is 1.68. The van der Waals surface area contributed by atoms with Crippen LogP contribution >= 0.6 is 11.8 Å². The van der Waals surface area contributed by atoms with Crippen molar-refractivity contribution in [1.29, 1.82) is 0 Å². The summed E-state index contributed by atoms with van der Waals surface area (Å²) in [7, 11) is 1.17. The molecule has 0 aromatic carbocycles. The third kappa shape index (κ3) is 5.82. The van der Waals surface area contributed by atoms with E-state index in [-0.39, 0.29) is 12.5 Å². The maximum atomic E-state index is 11.7. The van der Waals surface area contributed by atoms with Gasteiger partial charge in [-0.2, -0.15) is 11.8 Å². The van der Waals surface area contributed by atoms with Crippen molar-refractivity contribution >= 4 is 29.7 Å². The molecule has 1 heterocycles. The molecule has 0 aromatic rings. The highest BCUT2D eigenvalue weighted by Crippen LogP contribution is 2.16. The first-order valence-electron chi connectivity index (χ1n) is 5.97. The van der Waals surface area contributed by atoms with Gasteiger partial charge >= 0.3 is 18.0 Å². The molecule has 0 radical (unpaired) electrons. The number of carbonyl (C=O) groups is 3. The van der Waals surface area contributed by atoms with E-state index in [1.165, 1.54) is 7.11 Å². The van der Waals surface area contributed by atoms with Crippen molar-refractivity contribution in [3.05, 3.63) is 0 Å². The van der Waals surface area contributed by atoms with Gasteiger partial charge in [0.25, 0.3) is 0 Å². The standard InChI is InChI=1S/C11H18N2O5S/c1-18-9(14)6-8(10(15)16)13-11(17)12-7-2-4-19-5-3-7/h7-8H,2-6H2,1H3,(H,15,16)(H2,12,13,17)/t8-/m0/s1. The van der Waals surface area contributed by atoms with E-state index in [0.717, 1.165) is 24.3 Å². The number of rotatable bonds is 5. The number of nitrogens with one attached hydrogen (secondary N) is 2. The molecule has 0 aromatic heterocycles. The smallest absolute Gasteiger partial charge is 0.326 e. The molecule has 0 saturated carbocycles. The van der Waals surface area contributed by atoms with Crippen LogP contribution in [-0.2, 0) is 14.3 Å². The average molecular weight is 290 g/mol. The van der Waals surface area contributed by atoms with Crippen LogP contribution < -0.4 is 10.6 Å². The second-order valence-corrected chi connectivity index (χ2v) is 5.40. The first-order chi connectivity index (χ1) is 9.02. The molecule has 19 heavy (non-hydrogen) atoms. The van der Waals surface area contributed by atoms with E-state index in [2.05, 4.69) is 15.4 Å². The Bertz CT molecular complexity index is 344. The van der Waals surface area contributed by atoms with E-state index >= 15 is 0 Å². The molecule has 3 N–H and O–H groups in total. The van der Waals surface area contributed by atoms with Crippen LogP contribution in [0.2, 0.25) is 0 Å². The summed E-state index contributed by atoms with van der Waals surface area (Å²) in [4.78, 5) is 33.6. The zero-order valence-electron chi connectivity index (χ0n) is 10.7. The van der Waals surface area contributed by atoms with Crippen LogP contribution in [0.4, 0.5) is 4.79 Å². The fraction of sp³-hybridized carbons (Fsp3) is 0.727. The molecule has 1 atom stereocenters. The normalized spacial score (nSPS) is 17.3. The zero-order valence-corrected chi connectivity index (χ0v) is 11.5. The van der Waals surface area contributed by atoms with Crippen LogP contribution in [-0.4, -0.2) is 53.8 Å². The number of carbonyl (C=O) groups excluding carboxylic acids is 2. The predicted molar refractivity (Wildman–Crippen MR) is 70.1 cm³/mol. The predicted octanol–water partition coefficient (Wildman–Crippen LogP) is 0.198. The number of hydrogen-bond acceptors (Lipinski definition) is 5. The Kier molecular flexibility index (Phi) is 6.48. The van der Waals surface area contributed by atoms with Crippen LogP contribution in [0.15, 0.2) is 0 Å². The lowest BCUT2D eigenvalue weighted by Crippen LogP contribution is -2.50. The number of esters is 1. The monoisotopic (exact) mass is 290 g/mol. The number of urea groups is 1. The summed E-state index contributed by atoms with van der Waals surface area (Å²) in [5, 5.41) is 13.9. The van der Waals surface area contributed by atoms with Crippen LogP contribution in [0, 0.1) is 0 Å². The Labute approximate surface area is 115 Å². The van der Waals surface area contributed by atoms with Gasteiger partial charge in [0.1, 0.15) is 6.04 Å². The van der Waals surface area contributed by atoms with Gasteiger partial charge < -0.3 is 20.5 Å². The summed E-state index contributed by atoms with van der Waals surface area (Å²) in [5.74, 6) is 0.0202. The Balaban J connectivity index is 2.41. The lowest BCUT2D eigenvalue weighted by molar-refractivity contribution is -0.147. The Hall–Kier alpha value is -1.44. The van der Waals surface area contributed by atoms with Gasteiger partial charge in [-0.1, -0.05) is 0 Å². The molecular formula is C11H18N2O5S. The van der Waals surface area contributed by atoms with Gasteiger partial charge in [-0.05, 0) is 24.3 Å². The molecule has 8 heteroatoms. The van der Waals surface area contributed by atoms with E-state index in [1.807, 2.05) is 11.8 Å². The molecule has 108 valence electrons. The summed E-state index contributed by atoms with van der Waals surface area (Å²) in [6, 6.07) is -1.77. The average Bonchev–Trinajstić information content (AvgIpc) is 2.38. The minimum atomic E-state index is -1.27. The van der Waals surface area contributed by atoms with Gasteiger partial charge in [0.15, 0.2) is 0 Å². The van der Waals surface area contributed by atoms with Gasteiger partial charge in [-0.3, -0.25) is 4.79 Å². The Morgan fingerprint density at radius 1 is 1.37 bits per heavy atom. The Morgan fingerprint density at radius 2 is 2.00 bits per heavy atom. The van der Waals surface area contributed by atoms with Crippen LogP contribution in [0.3, 0.4) is 0 Å². The zero-order chi connectivity index (χ0) is 14.3. The van der Waals surface area contributed by atoms with Gasteiger partial charge in [-0.15, -0.1) is 0 Å². The highest BCUT2D eigenvalue weighted by atomic mass is 32.2. The number of ether oxygens (including phenoxy) is 1. The number of hydrogen-bond donors (Lipinski definition) is 3. The van der Waals surface area contributed by atoms with Crippen molar-refractivity contribution in [2.75, 3.05) is 18.6 Å². The molecule has 1 aliphatic heterocycles. The molecule has 7 nitrogen and oxygen atoms in total. The number of methoxy groups -OCH3 is 1. The van der Waals surface area contributed by atoms with Crippen LogP contribution in [0.5, 0.6) is 0 Å². The fourth-order valence-corrected chi connectivity index (χ4v) is 2.78. The van der Waals surface area contributed by atoms with Gasteiger partial charge in [-0.25, -0.2) is 9.59 Å². The lowest BCUT2D eigenvalue weighted by atomic mass is 10.1. The molecule has 1 rings (SSSR count). The van der Waals surface area contributed by atoms with Crippen molar-refractivity contribution in [3.8, 4) is 0 Å². The Morgan fingerprint density at radius 3 is 2.53 bits per heavy atom. The van der Waals surface area contributed by atoms with E-state index in [0.29, 0.717) is 0 Å². The molecular weight excluding hydrogens is 272 g/mol. The van der Waals surface area contributed by atoms with Crippen molar-refractivity contribution in [1.82, 2.24) is 10.6 Å². The molecule has 1 aliphatic rings. The van der Waals surface area contributed by atoms with Gasteiger partial charge in [0.05, 0.1) is 13.5 Å². The van der Waals surface area contributed by atoms with Crippen LogP contribution in [0.1, 0.15) is 19.3 Å². The third-order valence-electron chi connectivity index (χ3n) is 2.76. The molecule has 1 fully saturated rings. The number of amides is 2. The summed E-state index contributed by atoms with van der Waals surface area (Å²) >= 11 is 1.83. The number of carboxylic acid groups (broad SMARTS) is 1. The van der Waals surface area contributed by atoms with Crippen LogP contribution in [0.25, 0.3) is 0 Å². The number of carboxylic acids is 1. The summed E-state index contributed by atoms with van der Waals surface area (Å²) in [6.07, 6.45) is 1.35. The van der Waals surface area contributed by atoms with Crippen molar-refractivity contribution in [3.63, 3.8) is 0 Å². The molecule has 0 spiro atoms. The van der Waals surface area contributed by atoms with E-state index < -0.39 is 24.0 Å². The topological polar surface area (TPSA) is 105 Å². The molecule has 0 bridgehead atoms. The SMILES string of the molecule is COC(=O)C[C@H](NC(=O)NC1CCSCC1)C(=O)O. The van der Waals surface area contributed by atoms with Crippen molar-refractivity contribution in [2.24, 2.45) is 0 Å². The molecule has 2 amide bonds. The number of thioether (sulfide) groups is 1. The summed E-state index contributed by atoms with van der Waals surface area (Å²) < 4.78 is 4.39. The van der Waals surface area contributed by atoms with Crippen molar-refractivity contribution in [2.45, 2.75) is 31.3 Å². The van der Waals surface area contributed by atoms with E-state index in [4.69, 9.17) is 5.11 Å². The quantitative estimate of drug-likeness (QED) is 0.625. The lowest BCUT2D eigenvalue weighted by Gasteiger charge is -2.23. The minimum absolute atomic E-state index is 0.0637. The molecule has 1 saturated heterocycles. The molecule has 0 aliphatic carbocycles. The second-order valence-electron chi connectivity index (χ2n) is 4.18. The first kappa shape index (κ1) is 15.6. The van der Waals surface area contributed by atoms with Gasteiger partial charge in [0.2, 0.25) is 0 Å².